The maximum absolute atomic E-state index is 5.33. The number of anilines is 1. The molecule has 1 atom stereocenters. The number of nitrogens with one attached hydrogen (secondary N) is 1. The molecule has 0 amide bonds. The Bertz CT molecular complexity index is 420. The van der Waals surface area contributed by atoms with E-state index in [-0.39, 0.29) is 0 Å². The highest BCUT2D eigenvalue weighted by atomic mass is 16.5. The van der Waals surface area contributed by atoms with Gasteiger partial charge in [0.05, 0.1) is 14.2 Å². The monoisotopic (exact) mass is 292 g/mol. The second-order valence-electron chi connectivity index (χ2n) is 5.81. The van der Waals surface area contributed by atoms with E-state index in [0.717, 1.165) is 23.1 Å². The van der Waals surface area contributed by atoms with E-state index in [4.69, 9.17) is 9.47 Å². The Morgan fingerprint density at radius 3 is 2.19 bits per heavy atom. The average molecular weight is 292 g/mol. The lowest BCUT2D eigenvalue weighted by molar-refractivity contribution is 0.183. The molecule has 1 saturated heterocycles. The summed E-state index contributed by atoms with van der Waals surface area (Å²) in [6.07, 6.45) is 2.53. The zero-order valence-electron chi connectivity index (χ0n) is 13.7. The molecule has 0 aliphatic carbocycles. The predicted molar refractivity (Wildman–Crippen MR) is 87.5 cm³/mol. The Hall–Kier alpha value is -1.42. The summed E-state index contributed by atoms with van der Waals surface area (Å²) in [6, 6.07) is 6.41. The summed E-state index contributed by atoms with van der Waals surface area (Å²) >= 11 is 0. The van der Waals surface area contributed by atoms with Crippen LogP contribution in [0, 0.1) is 5.92 Å². The summed E-state index contributed by atoms with van der Waals surface area (Å²) in [6.45, 7) is 8.12. The minimum Gasteiger partial charge on any atom is -0.497 e. The van der Waals surface area contributed by atoms with Crippen LogP contribution in [0.5, 0.6) is 11.5 Å². The highest BCUT2D eigenvalue weighted by Gasteiger charge is 2.23. The quantitative estimate of drug-likeness (QED) is 0.873. The van der Waals surface area contributed by atoms with Crippen molar-refractivity contribution in [3.8, 4) is 11.5 Å². The summed E-state index contributed by atoms with van der Waals surface area (Å²) in [5.74, 6) is 2.37. The third-order valence-electron chi connectivity index (χ3n) is 4.53. The van der Waals surface area contributed by atoms with Gasteiger partial charge in [-0.1, -0.05) is 6.92 Å². The van der Waals surface area contributed by atoms with E-state index in [9.17, 15) is 0 Å². The first-order chi connectivity index (χ1) is 10.2. The van der Waals surface area contributed by atoms with Crippen molar-refractivity contribution in [2.24, 2.45) is 5.92 Å². The molecule has 1 aliphatic heterocycles. The number of benzene rings is 1. The molecule has 0 aromatic heterocycles. The smallest absolute Gasteiger partial charge is 0.124 e. The average Bonchev–Trinajstić information content (AvgIpc) is 2.54. The second-order valence-corrected chi connectivity index (χ2v) is 5.81. The standard InChI is InChI=1S/C17H28N2O2/c1-5-19-8-6-14(7-9-19)13(2)18-15-10-16(20-3)12-17(11-15)21-4/h10-14,18H,5-9H2,1-4H3. The van der Waals surface area contributed by atoms with Gasteiger partial charge in [-0.2, -0.15) is 0 Å². The van der Waals surface area contributed by atoms with Gasteiger partial charge in [0, 0.05) is 29.9 Å². The van der Waals surface area contributed by atoms with E-state index in [1.54, 1.807) is 14.2 Å². The van der Waals surface area contributed by atoms with E-state index >= 15 is 0 Å². The van der Waals surface area contributed by atoms with Crippen molar-refractivity contribution in [3.63, 3.8) is 0 Å². The van der Waals surface area contributed by atoms with Crippen LogP contribution >= 0.6 is 0 Å². The van der Waals surface area contributed by atoms with Crippen LogP contribution < -0.4 is 14.8 Å². The highest BCUT2D eigenvalue weighted by Crippen LogP contribution is 2.28. The number of nitrogens with zero attached hydrogens (tertiary/aromatic N) is 1. The molecule has 0 spiro atoms. The molecule has 1 heterocycles. The maximum atomic E-state index is 5.33. The molecule has 1 unspecified atom stereocenters. The fourth-order valence-corrected chi connectivity index (χ4v) is 3.04. The molecule has 1 N–H and O–H groups in total. The summed E-state index contributed by atoms with van der Waals surface area (Å²) in [4.78, 5) is 2.53. The van der Waals surface area contributed by atoms with Gasteiger partial charge in [-0.15, -0.1) is 0 Å². The Morgan fingerprint density at radius 1 is 1.14 bits per heavy atom. The van der Waals surface area contributed by atoms with Gasteiger partial charge >= 0.3 is 0 Å². The minimum atomic E-state index is 0.459. The van der Waals surface area contributed by atoms with Gasteiger partial charge in [-0.3, -0.25) is 0 Å². The highest BCUT2D eigenvalue weighted by molar-refractivity contribution is 5.54. The molecule has 21 heavy (non-hydrogen) atoms. The van der Waals surface area contributed by atoms with Crippen molar-refractivity contribution < 1.29 is 9.47 Å². The van der Waals surface area contributed by atoms with Crippen LogP contribution in [-0.2, 0) is 0 Å². The SMILES string of the molecule is CCN1CCC(C(C)Nc2cc(OC)cc(OC)c2)CC1. The minimum absolute atomic E-state index is 0.459. The maximum Gasteiger partial charge on any atom is 0.124 e. The Morgan fingerprint density at radius 2 is 1.71 bits per heavy atom. The number of ether oxygens (including phenoxy) is 2. The van der Waals surface area contributed by atoms with E-state index in [1.165, 1.54) is 32.5 Å². The number of rotatable bonds is 6. The van der Waals surface area contributed by atoms with Crippen LogP contribution in [0.25, 0.3) is 0 Å². The molecule has 0 radical (unpaired) electrons. The lowest BCUT2D eigenvalue weighted by Crippen LogP contribution is -2.39. The number of likely N-dealkylation sites (tertiary alicyclic amines) is 1. The molecule has 4 nitrogen and oxygen atoms in total. The topological polar surface area (TPSA) is 33.7 Å². The van der Waals surface area contributed by atoms with Crippen LogP contribution in [0.15, 0.2) is 18.2 Å². The van der Waals surface area contributed by atoms with E-state index < -0.39 is 0 Å². The van der Waals surface area contributed by atoms with Crippen LogP contribution in [0.4, 0.5) is 5.69 Å². The van der Waals surface area contributed by atoms with Gasteiger partial charge in [0.15, 0.2) is 0 Å². The summed E-state index contributed by atoms with van der Waals surface area (Å²) in [7, 11) is 3.37. The Balaban J connectivity index is 1.97. The largest absolute Gasteiger partial charge is 0.497 e. The van der Waals surface area contributed by atoms with Crippen molar-refractivity contribution in [3.05, 3.63) is 18.2 Å². The number of hydrogen-bond acceptors (Lipinski definition) is 4. The Kier molecular flexibility index (Phi) is 5.74. The first-order valence-electron chi connectivity index (χ1n) is 7.88. The van der Waals surface area contributed by atoms with Gasteiger partial charge in [0.2, 0.25) is 0 Å². The number of methoxy groups -OCH3 is 2. The Labute approximate surface area is 128 Å². The molecule has 0 saturated carbocycles. The van der Waals surface area contributed by atoms with Crippen molar-refractivity contribution in [1.29, 1.82) is 0 Å². The van der Waals surface area contributed by atoms with Gasteiger partial charge in [0.25, 0.3) is 0 Å². The van der Waals surface area contributed by atoms with Crippen LogP contribution in [0.2, 0.25) is 0 Å². The van der Waals surface area contributed by atoms with Crippen LogP contribution in [-0.4, -0.2) is 44.8 Å². The molecule has 118 valence electrons. The first kappa shape index (κ1) is 16.0. The van der Waals surface area contributed by atoms with Crippen molar-refractivity contribution in [1.82, 2.24) is 4.90 Å². The van der Waals surface area contributed by atoms with Crippen molar-refractivity contribution >= 4 is 5.69 Å². The van der Waals surface area contributed by atoms with Crippen molar-refractivity contribution in [2.75, 3.05) is 39.2 Å². The number of piperidine rings is 1. The molecule has 1 fully saturated rings. The normalized spacial score (nSPS) is 18.3. The van der Waals surface area contributed by atoms with Crippen LogP contribution in [0.1, 0.15) is 26.7 Å². The molecular formula is C17H28N2O2. The fraction of sp³-hybridized carbons (Fsp3) is 0.647. The molecule has 1 aliphatic rings. The molecule has 1 aromatic carbocycles. The van der Waals surface area contributed by atoms with E-state index in [1.807, 2.05) is 18.2 Å². The summed E-state index contributed by atoms with van der Waals surface area (Å²) in [5, 5.41) is 3.62. The zero-order chi connectivity index (χ0) is 15.2. The predicted octanol–water partition coefficient (Wildman–Crippen LogP) is 3.24. The van der Waals surface area contributed by atoms with Crippen molar-refractivity contribution in [2.45, 2.75) is 32.7 Å². The summed E-state index contributed by atoms with van der Waals surface area (Å²) in [5.41, 5.74) is 1.07. The van der Waals surface area contributed by atoms with Gasteiger partial charge in [-0.05, 0) is 45.3 Å². The molecule has 1 aromatic rings. The van der Waals surface area contributed by atoms with Gasteiger partial charge in [0.1, 0.15) is 11.5 Å². The molecular weight excluding hydrogens is 264 g/mol. The lowest BCUT2D eigenvalue weighted by atomic mass is 9.90. The number of hydrogen-bond donors (Lipinski definition) is 1. The second kappa shape index (κ2) is 7.55. The lowest BCUT2D eigenvalue weighted by Gasteiger charge is -2.35. The van der Waals surface area contributed by atoms with E-state index in [0.29, 0.717) is 6.04 Å². The molecule has 2 rings (SSSR count). The van der Waals surface area contributed by atoms with E-state index in [2.05, 4.69) is 24.1 Å². The van der Waals surface area contributed by atoms with Gasteiger partial charge < -0.3 is 19.7 Å². The third kappa shape index (κ3) is 4.27. The van der Waals surface area contributed by atoms with Gasteiger partial charge in [-0.25, -0.2) is 0 Å². The fourth-order valence-electron chi connectivity index (χ4n) is 3.04. The zero-order valence-corrected chi connectivity index (χ0v) is 13.7. The summed E-state index contributed by atoms with van der Waals surface area (Å²) < 4.78 is 10.7. The van der Waals surface area contributed by atoms with Crippen LogP contribution in [0.3, 0.4) is 0 Å². The molecule has 4 heteroatoms. The molecule has 0 bridgehead atoms. The first-order valence-corrected chi connectivity index (χ1v) is 7.88. The third-order valence-corrected chi connectivity index (χ3v) is 4.53.